The van der Waals surface area contributed by atoms with Gasteiger partial charge in [-0.3, -0.25) is 0 Å². The van der Waals surface area contributed by atoms with Crippen LogP contribution in [0.3, 0.4) is 0 Å². The van der Waals surface area contributed by atoms with Gasteiger partial charge in [0.05, 0.1) is 0 Å². The lowest BCUT2D eigenvalue weighted by Crippen LogP contribution is -1.97. The summed E-state index contributed by atoms with van der Waals surface area (Å²) in [5, 5.41) is 0. The largest absolute Gasteiger partial charge is 0.460 e. The van der Waals surface area contributed by atoms with E-state index in [1.54, 1.807) is 0 Å². The molecule has 4 heteroatoms. The Bertz CT molecular complexity index is 557. The van der Waals surface area contributed by atoms with E-state index in [0.29, 0.717) is 11.5 Å². The van der Waals surface area contributed by atoms with Crippen molar-refractivity contribution in [1.29, 1.82) is 0 Å². The second-order valence-corrected chi connectivity index (χ2v) is 5.80. The Morgan fingerprint density at radius 1 is 0.750 bits per heavy atom. The number of rotatable bonds is 4. The lowest BCUT2D eigenvalue weighted by molar-refractivity contribution is 0.379. The minimum absolute atomic E-state index is 0.647. The van der Waals surface area contributed by atoms with Gasteiger partial charge in [0.25, 0.3) is 0 Å². The molecule has 3 nitrogen and oxygen atoms in total. The summed E-state index contributed by atoms with van der Waals surface area (Å²) in [7, 11) is -1.98. The highest BCUT2D eigenvalue weighted by Crippen LogP contribution is 2.39. The Balaban J connectivity index is 2.07. The molecule has 0 aliphatic heterocycles. The number of aryl methyl sites for hydroxylation is 4. The number of hydrogen-bond acceptors (Lipinski definition) is 3. The molecular formula is C16H19O3P. The average Bonchev–Trinajstić information content (AvgIpc) is 2.36. The van der Waals surface area contributed by atoms with Crippen LogP contribution in [0.1, 0.15) is 22.3 Å². The van der Waals surface area contributed by atoms with Crippen molar-refractivity contribution in [3.8, 4) is 11.5 Å². The molecule has 1 N–H and O–H groups in total. The lowest BCUT2D eigenvalue weighted by Gasteiger charge is -2.15. The summed E-state index contributed by atoms with van der Waals surface area (Å²) in [4.78, 5) is 9.96. The molecule has 106 valence electrons. The van der Waals surface area contributed by atoms with Crippen LogP contribution in [0.4, 0.5) is 0 Å². The molecule has 0 saturated carbocycles. The summed E-state index contributed by atoms with van der Waals surface area (Å²) in [6.07, 6.45) is 0. The maximum Gasteiger partial charge on any atom is 0.460 e. The first-order valence-electron chi connectivity index (χ1n) is 6.45. The Morgan fingerprint density at radius 3 is 1.50 bits per heavy atom. The number of benzene rings is 2. The molecule has 2 rings (SSSR count). The molecular weight excluding hydrogens is 271 g/mol. The SMILES string of the molecule is Cc1ccc(OP(O)Oc2ccc(C)cc2C)c(C)c1. The molecule has 0 amide bonds. The van der Waals surface area contributed by atoms with Gasteiger partial charge in [0.15, 0.2) is 0 Å². The zero-order chi connectivity index (χ0) is 14.7. The minimum Gasteiger partial charge on any atom is -0.418 e. The fourth-order valence-corrected chi connectivity index (χ4v) is 2.77. The van der Waals surface area contributed by atoms with Crippen LogP contribution >= 0.6 is 8.60 Å². The first-order chi connectivity index (χ1) is 9.45. The molecule has 2 aromatic carbocycles. The van der Waals surface area contributed by atoms with Gasteiger partial charge in [-0.15, -0.1) is 0 Å². The maximum absolute atomic E-state index is 9.96. The van der Waals surface area contributed by atoms with Gasteiger partial charge < -0.3 is 13.9 Å². The molecule has 0 bridgehead atoms. The predicted octanol–water partition coefficient (Wildman–Crippen LogP) is 4.60. The normalized spacial score (nSPS) is 10.7. The molecule has 0 atom stereocenters. The first-order valence-corrected chi connectivity index (χ1v) is 7.58. The van der Waals surface area contributed by atoms with Crippen molar-refractivity contribution in [3.63, 3.8) is 0 Å². The second-order valence-electron chi connectivity index (χ2n) is 4.96. The monoisotopic (exact) mass is 290 g/mol. The summed E-state index contributed by atoms with van der Waals surface area (Å²) < 4.78 is 11.0. The standard InChI is InChI=1S/C16H19O3P/c1-11-5-7-15(13(3)9-11)18-20(17)19-16-8-6-12(2)10-14(16)4/h5-10,17H,1-4H3. The summed E-state index contributed by atoms with van der Waals surface area (Å²) in [6.45, 7) is 7.93. The van der Waals surface area contributed by atoms with E-state index in [0.717, 1.165) is 22.3 Å². The third-order valence-corrected chi connectivity index (χ3v) is 3.72. The fourth-order valence-electron chi connectivity index (χ4n) is 1.99. The van der Waals surface area contributed by atoms with Crippen LogP contribution in [0.5, 0.6) is 11.5 Å². The summed E-state index contributed by atoms with van der Waals surface area (Å²) >= 11 is 0. The van der Waals surface area contributed by atoms with E-state index < -0.39 is 8.60 Å². The Morgan fingerprint density at radius 2 is 1.15 bits per heavy atom. The Labute approximate surface area is 121 Å². The average molecular weight is 290 g/mol. The van der Waals surface area contributed by atoms with Crippen LogP contribution < -0.4 is 9.05 Å². The van der Waals surface area contributed by atoms with Gasteiger partial charge in [-0.05, 0) is 51.0 Å². The van der Waals surface area contributed by atoms with Crippen LogP contribution in [0.15, 0.2) is 36.4 Å². The third kappa shape index (κ3) is 3.72. The van der Waals surface area contributed by atoms with Gasteiger partial charge in [-0.25, -0.2) is 0 Å². The van der Waals surface area contributed by atoms with E-state index in [2.05, 4.69) is 0 Å². The van der Waals surface area contributed by atoms with E-state index in [4.69, 9.17) is 9.05 Å². The van der Waals surface area contributed by atoms with Crippen LogP contribution in [0, 0.1) is 27.7 Å². The van der Waals surface area contributed by atoms with Gasteiger partial charge >= 0.3 is 8.60 Å². The summed E-state index contributed by atoms with van der Waals surface area (Å²) in [5.41, 5.74) is 4.28. The number of hydrogen-bond donors (Lipinski definition) is 1. The second kappa shape index (κ2) is 6.25. The van der Waals surface area contributed by atoms with Crippen LogP contribution in [0.2, 0.25) is 0 Å². The molecule has 0 aliphatic rings. The lowest BCUT2D eigenvalue weighted by atomic mass is 10.1. The van der Waals surface area contributed by atoms with E-state index >= 15 is 0 Å². The molecule has 0 fully saturated rings. The molecule has 0 aromatic heterocycles. The van der Waals surface area contributed by atoms with Crippen LogP contribution in [-0.4, -0.2) is 4.89 Å². The molecule has 0 radical (unpaired) electrons. The van der Waals surface area contributed by atoms with E-state index in [-0.39, 0.29) is 0 Å². The molecule has 0 unspecified atom stereocenters. The highest BCUT2D eigenvalue weighted by molar-refractivity contribution is 7.41. The summed E-state index contributed by atoms with van der Waals surface area (Å²) in [6, 6.07) is 11.6. The van der Waals surface area contributed by atoms with E-state index in [9.17, 15) is 4.89 Å². The minimum atomic E-state index is -1.98. The molecule has 2 aromatic rings. The Hall–Kier alpha value is -1.57. The van der Waals surface area contributed by atoms with Gasteiger partial charge in [0, 0.05) is 0 Å². The highest BCUT2D eigenvalue weighted by Gasteiger charge is 2.14. The topological polar surface area (TPSA) is 38.7 Å². The zero-order valence-electron chi connectivity index (χ0n) is 12.2. The van der Waals surface area contributed by atoms with E-state index in [1.807, 2.05) is 64.1 Å². The molecule has 0 saturated heterocycles. The summed E-state index contributed by atoms with van der Waals surface area (Å²) in [5.74, 6) is 1.29. The smallest absolute Gasteiger partial charge is 0.418 e. The van der Waals surface area contributed by atoms with Gasteiger partial charge in [-0.2, -0.15) is 0 Å². The molecule has 0 heterocycles. The molecule has 0 aliphatic carbocycles. The van der Waals surface area contributed by atoms with Crippen molar-refractivity contribution in [1.82, 2.24) is 0 Å². The van der Waals surface area contributed by atoms with Crippen molar-refractivity contribution in [3.05, 3.63) is 58.7 Å². The highest BCUT2D eigenvalue weighted by atomic mass is 31.2. The molecule has 0 spiro atoms. The van der Waals surface area contributed by atoms with Crippen molar-refractivity contribution in [2.75, 3.05) is 0 Å². The van der Waals surface area contributed by atoms with E-state index in [1.165, 1.54) is 0 Å². The first kappa shape index (κ1) is 14.8. The predicted molar refractivity (Wildman–Crippen MR) is 82.2 cm³/mol. The maximum atomic E-state index is 9.96. The van der Waals surface area contributed by atoms with Crippen molar-refractivity contribution in [2.24, 2.45) is 0 Å². The van der Waals surface area contributed by atoms with Gasteiger partial charge in [0.2, 0.25) is 0 Å². The third-order valence-electron chi connectivity index (χ3n) is 3.01. The van der Waals surface area contributed by atoms with Crippen LogP contribution in [-0.2, 0) is 0 Å². The van der Waals surface area contributed by atoms with Crippen LogP contribution in [0.25, 0.3) is 0 Å². The molecule has 20 heavy (non-hydrogen) atoms. The Kier molecular flexibility index (Phi) is 4.64. The zero-order valence-corrected chi connectivity index (χ0v) is 13.1. The quantitative estimate of drug-likeness (QED) is 0.836. The van der Waals surface area contributed by atoms with Gasteiger partial charge in [0.1, 0.15) is 11.5 Å². The van der Waals surface area contributed by atoms with Crippen molar-refractivity contribution < 1.29 is 13.9 Å². The van der Waals surface area contributed by atoms with Crippen molar-refractivity contribution in [2.45, 2.75) is 27.7 Å². The van der Waals surface area contributed by atoms with Crippen molar-refractivity contribution >= 4 is 8.60 Å². The van der Waals surface area contributed by atoms with Gasteiger partial charge in [-0.1, -0.05) is 35.4 Å². The fraction of sp³-hybridized carbons (Fsp3) is 0.250.